The van der Waals surface area contributed by atoms with Crippen LogP contribution >= 0.6 is 0 Å². The van der Waals surface area contributed by atoms with Gasteiger partial charge in [0, 0.05) is 26.3 Å². The standard InChI is InChI=1S/C11H22N2O3/c1-13(2)7-6-12-11(10(14)15)4-3-8-16-9-5-11/h12H,3-9H2,1-2H3,(H,14,15). The van der Waals surface area contributed by atoms with Gasteiger partial charge in [-0.3, -0.25) is 4.79 Å². The van der Waals surface area contributed by atoms with Gasteiger partial charge in [-0.15, -0.1) is 0 Å². The van der Waals surface area contributed by atoms with E-state index in [9.17, 15) is 9.90 Å². The van der Waals surface area contributed by atoms with Gasteiger partial charge in [-0.1, -0.05) is 0 Å². The number of carbonyl (C=O) groups is 1. The van der Waals surface area contributed by atoms with Crippen molar-refractivity contribution >= 4 is 5.97 Å². The van der Waals surface area contributed by atoms with E-state index in [1.165, 1.54) is 0 Å². The lowest BCUT2D eigenvalue weighted by Crippen LogP contribution is -2.53. The molecular formula is C11H22N2O3. The van der Waals surface area contributed by atoms with E-state index in [2.05, 4.69) is 5.32 Å². The van der Waals surface area contributed by atoms with E-state index in [4.69, 9.17) is 4.74 Å². The predicted molar refractivity (Wildman–Crippen MR) is 61.6 cm³/mol. The third-order valence-electron chi connectivity index (χ3n) is 3.00. The van der Waals surface area contributed by atoms with Crippen LogP contribution in [-0.4, -0.2) is 61.9 Å². The van der Waals surface area contributed by atoms with Gasteiger partial charge in [-0.05, 0) is 33.4 Å². The summed E-state index contributed by atoms with van der Waals surface area (Å²) in [5, 5.41) is 12.5. The third kappa shape index (κ3) is 3.73. The first-order valence-corrected chi connectivity index (χ1v) is 5.78. The summed E-state index contributed by atoms with van der Waals surface area (Å²) in [5.74, 6) is -0.753. The highest BCUT2D eigenvalue weighted by Gasteiger charge is 2.38. The van der Waals surface area contributed by atoms with Crippen molar-refractivity contribution in [2.24, 2.45) is 0 Å². The molecule has 0 aromatic rings. The normalized spacial score (nSPS) is 26.7. The van der Waals surface area contributed by atoms with Gasteiger partial charge in [0.05, 0.1) is 0 Å². The van der Waals surface area contributed by atoms with Crippen molar-refractivity contribution in [1.29, 1.82) is 0 Å². The van der Waals surface area contributed by atoms with E-state index in [0.29, 0.717) is 32.6 Å². The van der Waals surface area contributed by atoms with Crippen molar-refractivity contribution in [3.63, 3.8) is 0 Å². The maximum Gasteiger partial charge on any atom is 0.323 e. The van der Waals surface area contributed by atoms with Crippen LogP contribution in [0.3, 0.4) is 0 Å². The van der Waals surface area contributed by atoms with Crippen LogP contribution < -0.4 is 5.32 Å². The van der Waals surface area contributed by atoms with E-state index in [1.54, 1.807) is 0 Å². The van der Waals surface area contributed by atoms with Crippen molar-refractivity contribution in [3.8, 4) is 0 Å². The number of hydrogen-bond acceptors (Lipinski definition) is 4. The number of aliphatic carboxylic acids is 1. The van der Waals surface area contributed by atoms with Crippen molar-refractivity contribution < 1.29 is 14.6 Å². The highest BCUT2D eigenvalue weighted by Crippen LogP contribution is 2.21. The van der Waals surface area contributed by atoms with Crippen LogP contribution in [0, 0.1) is 0 Å². The molecule has 0 aromatic carbocycles. The Bertz CT molecular complexity index is 223. The molecule has 0 bridgehead atoms. The highest BCUT2D eigenvalue weighted by molar-refractivity contribution is 5.78. The number of nitrogens with one attached hydrogen (secondary N) is 1. The van der Waals surface area contributed by atoms with Crippen molar-refractivity contribution in [1.82, 2.24) is 10.2 Å². The molecule has 0 aliphatic carbocycles. The number of rotatable bonds is 5. The number of hydrogen-bond donors (Lipinski definition) is 2. The van der Waals surface area contributed by atoms with Crippen molar-refractivity contribution in [2.45, 2.75) is 24.8 Å². The second kappa shape index (κ2) is 6.18. The van der Waals surface area contributed by atoms with Crippen LogP contribution in [0.2, 0.25) is 0 Å². The molecular weight excluding hydrogens is 208 g/mol. The SMILES string of the molecule is CN(C)CCNC1(C(=O)O)CCCOCC1. The van der Waals surface area contributed by atoms with Gasteiger partial charge in [0.1, 0.15) is 5.54 Å². The number of nitrogens with zero attached hydrogens (tertiary/aromatic N) is 1. The molecule has 1 fully saturated rings. The van der Waals surface area contributed by atoms with Gasteiger partial charge >= 0.3 is 5.97 Å². The fourth-order valence-corrected chi connectivity index (χ4v) is 1.93. The molecule has 0 aromatic heterocycles. The van der Waals surface area contributed by atoms with E-state index in [-0.39, 0.29) is 0 Å². The lowest BCUT2D eigenvalue weighted by atomic mass is 9.90. The summed E-state index contributed by atoms with van der Waals surface area (Å²) in [4.78, 5) is 13.4. The van der Waals surface area contributed by atoms with Gasteiger partial charge in [0.2, 0.25) is 0 Å². The molecule has 94 valence electrons. The first-order valence-electron chi connectivity index (χ1n) is 5.78. The molecule has 5 nitrogen and oxygen atoms in total. The summed E-state index contributed by atoms with van der Waals surface area (Å²) in [7, 11) is 3.96. The van der Waals surface area contributed by atoms with E-state index in [0.717, 1.165) is 13.0 Å². The summed E-state index contributed by atoms with van der Waals surface area (Å²) in [6.45, 7) is 2.74. The molecule has 1 saturated heterocycles. The number of likely N-dealkylation sites (N-methyl/N-ethyl adjacent to an activating group) is 1. The molecule has 1 rings (SSSR count). The predicted octanol–water partition coefficient (Wildman–Crippen LogP) is 0.162. The molecule has 1 unspecified atom stereocenters. The molecule has 2 N–H and O–H groups in total. The van der Waals surface area contributed by atoms with Gasteiger partial charge in [0.15, 0.2) is 0 Å². The average molecular weight is 230 g/mol. The Morgan fingerprint density at radius 3 is 2.81 bits per heavy atom. The lowest BCUT2D eigenvalue weighted by molar-refractivity contribution is -0.145. The zero-order chi connectivity index (χ0) is 12.0. The van der Waals surface area contributed by atoms with Crippen LogP contribution in [0.5, 0.6) is 0 Å². The molecule has 0 radical (unpaired) electrons. The van der Waals surface area contributed by atoms with Gasteiger partial charge in [0.25, 0.3) is 0 Å². The molecule has 1 atom stereocenters. The fourth-order valence-electron chi connectivity index (χ4n) is 1.93. The molecule has 5 heteroatoms. The molecule has 0 amide bonds. The van der Waals surface area contributed by atoms with E-state index < -0.39 is 11.5 Å². The largest absolute Gasteiger partial charge is 0.480 e. The summed E-state index contributed by atoms with van der Waals surface area (Å²) in [6.07, 6.45) is 2.01. The Morgan fingerprint density at radius 2 is 2.19 bits per heavy atom. The van der Waals surface area contributed by atoms with Crippen LogP contribution in [0.25, 0.3) is 0 Å². The fraction of sp³-hybridized carbons (Fsp3) is 0.909. The number of ether oxygens (including phenoxy) is 1. The zero-order valence-electron chi connectivity index (χ0n) is 10.2. The Morgan fingerprint density at radius 1 is 1.44 bits per heavy atom. The van der Waals surface area contributed by atoms with E-state index >= 15 is 0 Å². The summed E-state index contributed by atoms with van der Waals surface area (Å²) in [6, 6.07) is 0. The number of carboxylic acid groups (broad SMARTS) is 1. The van der Waals surface area contributed by atoms with Gasteiger partial charge < -0.3 is 20.1 Å². The first-order chi connectivity index (χ1) is 7.57. The molecule has 0 spiro atoms. The Kier molecular flexibility index (Phi) is 5.18. The molecule has 16 heavy (non-hydrogen) atoms. The van der Waals surface area contributed by atoms with Crippen molar-refractivity contribution in [2.75, 3.05) is 40.4 Å². The molecule has 1 heterocycles. The Labute approximate surface area is 96.8 Å². The van der Waals surface area contributed by atoms with Gasteiger partial charge in [-0.2, -0.15) is 0 Å². The summed E-state index contributed by atoms with van der Waals surface area (Å²) < 4.78 is 5.31. The summed E-state index contributed by atoms with van der Waals surface area (Å²) in [5.41, 5.74) is -0.785. The third-order valence-corrected chi connectivity index (χ3v) is 3.00. The topological polar surface area (TPSA) is 61.8 Å². The highest BCUT2D eigenvalue weighted by atomic mass is 16.5. The Hall–Kier alpha value is -0.650. The molecule has 1 aliphatic rings. The zero-order valence-corrected chi connectivity index (χ0v) is 10.2. The number of carboxylic acids is 1. The monoisotopic (exact) mass is 230 g/mol. The lowest BCUT2D eigenvalue weighted by Gasteiger charge is -2.29. The molecule has 0 saturated carbocycles. The second-order valence-electron chi connectivity index (χ2n) is 4.58. The smallest absolute Gasteiger partial charge is 0.323 e. The summed E-state index contributed by atoms with van der Waals surface area (Å²) >= 11 is 0. The minimum atomic E-state index is -0.785. The van der Waals surface area contributed by atoms with Crippen LogP contribution in [0.1, 0.15) is 19.3 Å². The maximum absolute atomic E-state index is 11.4. The quantitative estimate of drug-likeness (QED) is 0.704. The minimum Gasteiger partial charge on any atom is -0.480 e. The van der Waals surface area contributed by atoms with Crippen LogP contribution in [0.4, 0.5) is 0 Å². The van der Waals surface area contributed by atoms with Crippen LogP contribution in [-0.2, 0) is 9.53 Å². The average Bonchev–Trinajstić information content (AvgIpc) is 2.43. The Balaban J connectivity index is 2.53. The maximum atomic E-state index is 11.4. The first kappa shape index (κ1) is 13.4. The van der Waals surface area contributed by atoms with Gasteiger partial charge in [-0.25, -0.2) is 0 Å². The second-order valence-corrected chi connectivity index (χ2v) is 4.58. The van der Waals surface area contributed by atoms with Crippen LogP contribution in [0.15, 0.2) is 0 Å². The minimum absolute atomic E-state index is 0.529. The van der Waals surface area contributed by atoms with Crippen molar-refractivity contribution in [3.05, 3.63) is 0 Å². The molecule has 1 aliphatic heterocycles. The van der Waals surface area contributed by atoms with E-state index in [1.807, 2.05) is 19.0 Å².